The van der Waals surface area contributed by atoms with E-state index in [0.29, 0.717) is 19.0 Å². The number of fused-ring (bicyclic) bond motifs is 1. The van der Waals surface area contributed by atoms with Crippen molar-refractivity contribution in [3.8, 4) is 5.88 Å². The summed E-state index contributed by atoms with van der Waals surface area (Å²) in [5, 5.41) is 12.2. The molecule has 1 N–H and O–H groups in total. The van der Waals surface area contributed by atoms with Gasteiger partial charge in [0.2, 0.25) is 5.88 Å². The van der Waals surface area contributed by atoms with Crippen molar-refractivity contribution >= 4 is 11.8 Å². The number of nitrogens with zero attached hydrogens (tertiary/aromatic N) is 5. The molecule has 3 heterocycles. The summed E-state index contributed by atoms with van der Waals surface area (Å²) in [6.45, 7) is 8.51. The number of nitrogens with one attached hydrogen (secondary N) is 1. The van der Waals surface area contributed by atoms with E-state index in [1.807, 2.05) is 69.4 Å². The lowest BCUT2D eigenvalue weighted by atomic mass is 9.85. The summed E-state index contributed by atoms with van der Waals surface area (Å²) in [6, 6.07) is 14.1. The number of amides is 1. The predicted molar refractivity (Wildman–Crippen MR) is 140 cm³/mol. The Bertz CT molecular complexity index is 1190. The number of aromatic nitrogens is 4. The average Bonchev–Trinajstić information content (AvgIpc) is 3.31. The molecule has 9 nitrogen and oxygen atoms in total. The van der Waals surface area contributed by atoms with Crippen LogP contribution in [0.15, 0.2) is 48.7 Å². The lowest BCUT2D eigenvalue weighted by Gasteiger charge is -2.33. The summed E-state index contributed by atoms with van der Waals surface area (Å²) in [5.41, 5.74) is 1.66. The van der Waals surface area contributed by atoms with Gasteiger partial charge in [0.05, 0.1) is 18.4 Å². The molecular formula is C28H36N6O3. The van der Waals surface area contributed by atoms with Gasteiger partial charge in [-0.3, -0.25) is 0 Å². The first-order chi connectivity index (χ1) is 17.8. The normalized spacial score (nSPS) is 19.7. The first-order valence-corrected chi connectivity index (χ1v) is 13.1. The van der Waals surface area contributed by atoms with Gasteiger partial charge in [-0.05, 0) is 51.7 Å². The molecule has 9 heteroatoms. The van der Waals surface area contributed by atoms with E-state index < -0.39 is 5.60 Å². The van der Waals surface area contributed by atoms with Gasteiger partial charge in [-0.2, -0.15) is 0 Å². The highest BCUT2D eigenvalue weighted by Gasteiger charge is 2.31. The highest BCUT2D eigenvalue weighted by molar-refractivity contribution is 5.68. The number of benzene rings is 1. The van der Waals surface area contributed by atoms with Crippen LogP contribution in [0, 0.1) is 0 Å². The van der Waals surface area contributed by atoms with Gasteiger partial charge < -0.3 is 24.3 Å². The largest absolute Gasteiger partial charge is 0.473 e. The quantitative estimate of drug-likeness (QED) is 0.514. The van der Waals surface area contributed by atoms with Gasteiger partial charge in [0.1, 0.15) is 18.0 Å². The molecule has 2 atom stereocenters. The molecule has 2 aliphatic rings. The molecule has 196 valence electrons. The van der Waals surface area contributed by atoms with Crippen LogP contribution in [0.1, 0.15) is 69.6 Å². The Hall–Kier alpha value is -3.62. The third-order valence-corrected chi connectivity index (χ3v) is 6.86. The molecule has 1 aromatic carbocycles. The van der Waals surface area contributed by atoms with Crippen LogP contribution in [-0.2, 0) is 24.4 Å². The van der Waals surface area contributed by atoms with Gasteiger partial charge in [0.15, 0.2) is 5.82 Å². The van der Waals surface area contributed by atoms with Gasteiger partial charge >= 0.3 is 6.09 Å². The van der Waals surface area contributed by atoms with Crippen molar-refractivity contribution < 1.29 is 14.3 Å². The van der Waals surface area contributed by atoms with Gasteiger partial charge in [0, 0.05) is 31.1 Å². The minimum Gasteiger partial charge on any atom is -0.473 e. The second kappa shape index (κ2) is 10.8. The Morgan fingerprint density at radius 3 is 2.68 bits per heavy atom. The average molecular weight is 505 g/mol. The minimum atomic E-state index is -0.499. The van der Waals surface area contributed by atoms with E-state index in [1.54, 1.807) is 0 Å². The Morgan fingerprint density at radius 2 is 1.92 bits per heavy atom. The molecule has 3 aromatic rings. The van der Waals surface area contributed by atoms with Crippen LogP contribution in [0.3, 0.4) is 0 Å². The lowest BCUT2D eigenvalue weighted by molar-refractivity contribution is 0.0489. The summed E-state index contributed by atoms with van der Waals surface area (Å²) in [5.74, 6) is 2.90. The van der Waals surface area contributed by atoms with Crippen LogP contribution >= 0.6 is 0 Å². The number of ether oxygens (including phenoxy) is 2. The maximum absolute atomic E-state index is 12.3. The monoisotopic (exact) mass is 504 g/mol. The van der Waals surface area contributed by atoms with Crippen molar-refractivity contribution in [1.82, 2.24) is 25.1 Å². The molecule has 0 spiro atoms. The van der Waals surface area contributed by atoms with E-state index in [1.165, 1.54) is 0 Å². The van der Waals surface area contributed by atoms with Crippen molar-refractivity contribution in [1.29, 1.82) is 0 Å². The Labute approximate surface area is 218 Å². The van der Waals surface area contributed by atoms with Crippen molar-refractivity contribution in [3.63, 3.8) is 0 Å². The van der Waals surface area contributed by atoms with Crippen LogP contribution in [0.5, 0.6) is 5.88 Å². The van der Waals surface area contributed by atoms with Crippen molar-refractivity contribution in [2.45, 2.75) is 83.7 Å². The first-order valence-electron chi connectivity index (χ1n) is 13.1. The first kappa shape index (κ1) is 25.0. The van der Waals surface area contributed by atoms with Crippen molar-refractivity contribution in [2.24, 2.45) is 0 Å². The second-order valence-corrected chi connectivity index (χ2v) is 10.9. The third kappa shape index (κ3) is 6.39. The highest BCUT2D eigenvalue weighted by atomic mass is 16.6. The van der Waals surface area contributed by atoms with Crippen molar-refractivity contribution in [2.75, 3.05) is 11.4 Å². The van der Waals surface area contributed by atoms with Crippen LogP contribution in [-0.4, -0.2) is 44.0 Å². The predicted octanol–water partition coefficient (Wildman–Crippen LogP) is 4.82. The van der Waals surface area contributed by atoms with Crippen LogP contribution < -0.4 is 15.0 Å². The number of alkyl carbamates (subject to hydrolysis) is 1. The SMILES string of the molecule is CC(C)(C)OC(=O)N[C@@H]1CCC[C@H](c2nnc3n2CCN(c2ccc(OCc4ccccc4)nc2)C3)C1. The van der Waals surface area contributed by atoms with E-state index in [2.05, 4.69) is 30.0 Å². The zero-order valence-electron chi connectivity index (χ0n) is 21.9. The Kier molecular flexibility index (Phi) is 7.30. The standard InChI is InChI=1S/C28H36N6O3/c1-28(2,3)37-27(35)30-22-11-7-10-21(16-22)26-32-31-24-18-33(14-15-34(24)26)23-12-13-25(29-17-23)36-19-20-8-5-4-6-9-20/h4-6,8-9,12-13,17,21-22H,7,10-11,14-16,18-19H2,1-3H3,(H,30,35)/t21-,22+/m0/s1. The van der Waals surface area contributed by atoms with E-state index in [9.17, 15) is 4.79 Å². The molecule has 0 radical (unpaired) electrons. The number of anilines is 1. The van der Waals surface area contributed by atoms with Gasteiger partial charge in [-0.25, -0.2) is 9.78 Å². The molecule has 37 heavy (non-hydrogen) atoms. The molecule has 1 fully saturated rings. The Balaban J connectivity index is 1.18. The van der Waals surface area contributed by atoms with Gasteiger partial charge in [0.25, 0.3) is 0 Å². The number of rotatable bonds is 6. The summed E-state index contributed by atoms with van der Waals surface area (Å²) >= 11 is 0. The van der Waals surface area contributed by atoms with Crippen LogP contribution in [0.4, 0.5) is 10.5 Å². The summed E-state index contributed by atoms with van der Waals surface area (Å²) in [7, 11) is 0. The molecule has 1 amide bonds. The zero-order valence-corrected chi connectivity index (χ0v) is 21.9. The molecule has 0 unspecified atom stereocenters. The number of carbonyl (C=O) groups is 1. The fourth-order valence-corrected chi connectivity index (χ4v) is 5.11. The van der Waals surface area contributed by atoms with Crippen molar-refractivity contribution in [3.05, 3.63) is 65.9 Å². The molecule has 1 aliphatic heterocycles. The second-order valence-electron chi connectivity index (χ2n) is 10.9. The number of pyridine rings is 1. The van der Waals surface area contributed by atoms with Gasteiger partial charge in [-0.1, -0.05) is 36.8 Å². The van der Waals surface area contributed by atoms with Crippen LogP contribution in [0.25, 0.3) is 0 Å². The summed E-state index contributed by atoms with van der Waals surface area (Å²) in [6.07, 6.45) is 5.44. The third-order valence-electron chi connectivity index (χ3n) is 6.86. The van der Waals surface area contributed by atoms with E-state index in [-0.39, 0.29) is 18.1 Å². The number of hydrogen-bond donors (Lipinski definition) is 1. The van der Waals surface area contributed by atoms with E-state index >= 15 is 0 Å². The maximum Gasteiger partial charge on any atom is 0.407 e. The molecular weight excluding hydrogens is 468 g/mol. The zero-order chi connectivity index (χ0) is 25.8. The fourth-order valence-electron chi connectivity index (χ4n) is 5.11. The summed E-state index contributed by atoms with van der Waals surface area (Å²) in [4.78, 5) is 19.0. The highest BCUT2D eigenvalue weighted by Crippen LogP contribution is 2.34. The summed E-state index contributed by atoms with van der Waals surface area (Å²) < 4.78 is 13.5. The Morgan fingerprint density at radius 1 is 1.08 bits per heavy atom. The molecule has 1 aliphatic carbocycles. The van der Waals surface area contributed by atoms with E-state index in [4.69, 9.17) is 9.47 Å². The smallest absolute Gasteiger partial charge is 0.407 e. The maximum atomic E-state index is 12.3. The van der Waals surface area contributed by atoms with Gasteiger partial charge in [-0.15, -0.1) is 10.2 Å². The fraction of sp³-hybridized carbons (Fsp3) is 0.500. The molecule has 0 bridgehead atoms. The topological polar surface area (TPSA) is 94.4 Å². The number of hydrogen-bond acceptors (Lipinski definition) is 7. The number of carbonyl (C=O) groups excluding carboxylic acids is 1. The van der Waals surface area contributed by atoms with Crippen LogP contribution in [0.2, 0.25) is 0 Å². The lowest BCUT2D eigenvalue weighted by Crippen LogP contribution is -2.41. The molecule has 0 saturated heterocycles. The van der Waals surface area contributed by atoms with E-state index in [0.717, 1.165) is 61.7 Å². The molecule has 2 aromatic heterocycles. The minimum absolute atomic E-state index is 0.0929. The molecule has 1 saturated carbocycles. The molecule has 5 rings (SSSR count).